The molecular weight excluding hydrogens is 342 g/mol. The van der Waals surface area contributed by atoms with E-state index in [-0.39, 0.29) is 5.91 Å². The molecule has 5 nitrogen and oxygen atoms in total. The van der Waals surface area contributed by atoms with Gasteiger partial charge in [-0.1, -0.05) is 37.8 Å². The number of unbranched alkanes of at least 4 members (excludes halogenated alkanes) is 2. The first-order valence-electron chi connectivity index (χ1n) is 8.83. The number of halogens is 1. The lowest BCUT2D eigenvalue weighted by atomic mass is 9.96. The molecule has 1 aromatic carbocycles. The van der Waals surface area contributed by atoms with Crippen molar-refractivity contribution >= 4 is 23.2 Å². The van der Waals surface area contributed by atoms with E-state index in [9.17, 15) is 4.79 Å². The summed E-state index contributed by atoms with van der Waals surface area (Å²) in [6, 6.07) is 5.19. The molecule has 1 N–H and O–H groups in total. The lowest BCUT2D eigenvalue weighted by Gasteiger charge is -2.28. The number of carbonyl (C=O) groups is 1. The molecule has 0 radical (unpaired) electrons. The highest BCUT2D eigenvalue weighted by atomic mass is 35.5. The van der Waals surface area contributed by atoms with Gasteiger partial charge in [-0.2, -0.15) is 0 Å². The number of benzene rings is 1. The summed E-state index contributed by atoms with van der Waals surface area (Å²) in [5.74, 6) is 0.404. The zero-order valence-electron chi connectivity index (χ0n) is 15.7. The van der Waals surface area contributed by atoms with Gasteiger partial charge in [0, 0.05) is 19.4 Å². The van der Waals surface area contributed by atoms with Crippen LogP contribution in [0, 0.1) is 0 Å². The van der Waals surface area contributed by atoms with Crippen LogP contribution in [0.5, 0.6) is 5.75 Å². The maximum absolute atomic E-state index is 12.7. The maximum atomic E-state index is 12.7. The van der Waals surface area contributed by atoms with Crippen LogP contribution >= 0.6 is 11.6 Å². The smallest absolute Gasteiger partial charge is 0.256 e. The lowest BCUT2D eigenvalue weighted by molar-refractivity contribution is -0.139. The second-order valence-corrected chi connectivity index (χ2v) is 6.47. The Balaban J connectivity index is 2.74. The van der Waals surface area contributed by atoms with Gasteiger partial charge in [0.2, 0.25) is 0 Å². The van der Waals surface area contributed by atoms with E-state index < -0.39 is 5.60 Å². The Hall–Kier alpha value is -1.30. The number of hydrogen-bond acceptors (Lipinski definition) is 4. The third kappa shape index (κ3) is 7.22. The van der Waals surface area contributed by atoms with Crippen molar-refractivity contribution in [2.75, 3.05) is 32.2 Å². The highest BCUT2D eigenvalue weighted by Gasteiger charge is 2.33. The van der Waals surface area contributed by atoms with Crippen molar-refractivity contribution in [1.82, 2.24) is 0 Å². The minimum absolute atomic E-state index is 0.158. The number of methoxy groups -OCH3 is 1. The molecule has 0 unspecified atom stereocenters. The third-order valence-electron chi connectivity index (χ3n) is 3.94. The van der Waals surface area contributed by atoms with Gasteiger partial charge < -0.3 is 19.5 Å². The average Bonchev–Trinajstić information content (AvgIpc) is 2.57. The minimum Gasteiger partial charge on any atom is -0.490 e. The zero-order chi connectivity index (χ0) is 18.7. The highest BCUT2D eigenvalue weighted by molar-refractivity contribution is 6.32. The highest BCUT2D eigenvalue weighted by Crippen LogP contribution is 2.29. The molecule has 1 aromatic rings. The Bertz CT molecular complexity index is 538. The van der Waals surface area contributed by atoms with Gasteiger partial charge in [0.25, 0.3) is 5.91 Å². The molecule has 0 spiro atoms. The fourth-order valence-corrected chi connectivity index (χ4v) is 2.71. The second-order valence-electron chi connectivity index (χ2n) is 6.06. The lowest BCUT2D eigenvalue weighted by Crippen LogP contribution is -2.42. The summed E-state index contributed by atoms with van der Waals surface area (Å²) in [7, 11) is 1.61. The minimum atomic E-state index is -0.843. The topological polar surface area (TPSA) is 56.8 Å². The van der Waals surface area contributed by atoms with E-state index in [2.05, 4.69) is 12.2 Å². The first kappa shape index (κ1) is 21.7. The number of ether oxygens (including phenoxy) is 3. The van der Waals surface area contributed by atoms with Gasteiger partial charge in [0.15, 0.2) is 0 Å². The molecule has 1 atom stereocenters. The Morgan fingerprint density at radius 3 is 2.60 bits per heavy atom. The summed E-state index contributed by atoms with van der Waals surface area (Å²) < 4.78 is 16.2. The van der Waals surface area contributed by atoms with Crippen molar-refractivity contribution in [3.05, 3.63) is 23.2 Å². The summed E-state index contributed by atoms with van der Waals surface area (Å²) in [6.45, 7) is 7.26. The summed E-state index contributed by atoms with van der Waals surface area (Å²) in [5.41, 5.74) is -0.222. The van der Waals surface area contributed by atoms with E-state index in [1.54, 1.807) is 25.3 Å². The molecule has 0 bridgehead atoms. The van der Waals surface area contributed by atoms with Crippen LogP contribution in [0.3, 0.4) is 0 Å². The normalized spacial score (nSPS) is 13.3. The van der Waals surface area contributed by atoms with Crippen LogP contribution in [0.15, 0.2) is 18.2 Å². The Morgan fingerprint density at radius 2 is 2.00 bits per heavy atom. The molecular formula is C19H30ClNO4. The molecule has 0 saturated heterocycles. The molecule has 142 valence electrons. The first-order valence-corrected chi connectivity index (χ1v) is 9.21. The molecule has 0 fully saturated rings. The summed E-state index contributed by atoms with van der Waals surface area (Å²) in [6.07, 6.45) is 3.82. The number of rotatable bonds is 12. The number of anilines is 1. The van der Waals surface area contributed by atoms with E-state index in [1.165, 1.54) is 0 Å². The fourth-order valence-electron chi connectivity index (χ4n) is 2.48. The third-order valence-corrected chi connectivity index (χ3v) is 4.23. The quantitative estimate of drug-likeness (QED) is 0.542. The number of carbonyl (C=O) groups excluding carboxylic acids is 1. The van der Waals surface area contributed by atoms with Crippen LogP contribution in [-0.2, 0) is 14.3 Å². The van der Waals surface area contributed by atoms with Gasteiger partial charge in [-0.15, -0.1) is 0 Å². The van der Waals surface area contributed by atoms with Gasteiger partial charge >= 0.3 is 0 Å². The van der Waals surface area contributed by atoms with Crippen molar-refractivity contribution in [2.45, 2.75) is 52.1 Å². The van der Waals surface area contributed by atoms with E-state index >= 15 is 0 Å². The Morgan fingerprint density at radius 1 is 1.24 bits per heavy atom. The van der Waals surface area contributed by atoms with Gasteiger partial charge in [-0.3, -0.25) is 4.79 Å². The maximum Gasteiger partial charge on any atom is 0.256 e. The predicted octanol–water partition coefficient (Wildman–Crippen LogP) is 4.68. The largest absolute Gasteiger partial charge is 0.490 e. The van der Waals surface area contributed by atoms with Crippen LogP contribution in [0.4, 0.5) is 5.69 Å². The number of amides is 1. The molecule has 0 aliphatic carbocycles. The van der Waals surface area contributed by atoms with Crippen LogP contribution in [-0.4, -0.2) is 38.4 Å². The van der Waals surface area contributed by atoms with Gasteiger partial charge in [-0.05, 0) is 38.5 Å². The van der Waals surface area contributed by atoms with E-state index in [4.69, 9.17) is 25.8 Å². The van der Waals surface area contributed by atoms with E-state index in [1.807, 2.05) is 13.8 Å². The van der Waals surface area contributed by atoms with Crippen LogP contribution in [0.25, 0.3) is 0 Å². The Kier molecular flexibility index (Phi) is 9.86. The molecule has 0 heterocycles. The van der Waals surface area contributed by atoms with Gasteiger partial charge in [0.1, 0.15) is 18.0 Å². The molecule has 6 heteroatoms. The molecule has 1 rings (SSSR count). The SMILES string of the molecule is CCCCC[C@@](C)(OCC)C(=O)Nc1ccc(OCCOC)c(Cl)c1. The van der Waals surface area contributed by atoms with Crippen LogP contribution < -0.4 is 10.1 Å². The average molecular weight is 372 g/mol. The first-order chi connectivity index (χ1) is 12.0. The molecule has 25 heavy (non-hydrogen) atoms. The summed E-state index contributed by atoms with van der Waals surface area (Å²) in [5, 5.41) is 3.34. The summed E-state index contributed by atoms with van der Waals surface area (Å²) >= 11 is 6.22. The van der Waals surface area contributed by atoms with Gasteiger partial charge in [0.05, 0.1) is 11.6 Å². The van der Waals surface area contributed by atoms with Crippen molar-refractivity contribution in [3.63, 3.8) is 0 Å². The van der Waals surface area contributed by atoms with Gasteiger partial charge in [-0.25, -0.2) is 0 Å². The number of hydrogen-bond donors (Lipinski definition) is 1. The second kappa shape index (κ2) is 11.3. The zero-order valence-corrected chi connectivity index (χ0v) is 16.4. The molecule has 0 aromatic heterocycles. The standard InChI is InChI=1S/C19H30ClNO4/c1-5-7-8-11-19(3,25-6-2)18(22)21-15-9-10-17(16(20)14-15)24-13-12-23-4/h9-10,14H,5-8,11-13H2,1-4H3,(H,21,22)/t19-/m1/s1. The van der Waals surface area contributed by atoms with Crippen molar-refractivity contribution in [3.8, 4) is 5.75 Å². The van der Waals surface area contributed by atoms with Crippen molar-refractivity contribution in [2.24, 2.45) is 0 Å². The van der Waals surface area contributed by atoms with Crippen LogP contribution in [0.2, 0.25) is 5.02 Å². The molecule has 0 aliphatic heterocycles. The predicted molar refractivity (Wildman–Crippen MR) is 102 cm³/mol. The monoisotopic (exact) mass is 371 g/mol. The summed E-state index contributed by atoms with van der Waals surface area (Å²) in [4.78, 5) is 12.7. The van der Waals surface area contributed by atoms with E-state index in [0.717, 1.165) is 19.3 Å². The molecule has 0 aliphatic rings. The van der Waals surface area contributed by atoms with E-state index in [0.29, 0.717) is 42.7 Å². The van der Waals surface area contributed by atoms with Crippen molar-refractivity contribution in [1.29, 1.82) is 0 Å². The Labute approximate surface area is 156 Å². The van der Waals surface area contributed by atoms with Crippen LogP contribution in [0.1, 0.15) is 46.5 Å². The fraction of sp³-hybridized carbons (Fsp3) is 0.632. The molecule has 1 amide bonds. The molecule has 0 saturated carbocycles. The van der Waals surface area contributed by atoms with Crippen molar-refractivity contribution < 1.29 is 19.0 Å². The number of nitrogens with one attached hydrogen (secondary N) is 1.